The van der Waals surface area contributed by atoms with Crippen LogP contribution in [0.1, 0.15) is 17.9 Å². The fourth-order valence-electron chi connectivity index (χ4n) is 3.14. The largest absolute Gasteiger partial charge is 0.418 e. The second kappa shape index (κ2) is 6.97. The number of anilines is 2. The first kappa shape index (κ1) is 19.6. The maximum absolute atomic E-state index is 12.7. The van der Waals surface area contributed by atoms with Gasteiger partial charge in [0.05, 0.1) is 5.56 Å². The highest BCUT2D eigenvalue weighted by molar-refractivity contribution is 5.91. The van der Waals surface area contributed by atoms with E-state index in [1.807, 2.05) is 0 Å². The zero-order valence-corrected chi connectivity index (χ0v) is 15.7. The van der Waals surface area contributed by atoms with Crippen molar-refractivity contribution >= 4 is 17.4 Å². The summed E-state index contributed by atoms with van der Waals surface area (Å²) in [6.45, 7) is 4.17. The zero-order chi connectivity index (χ0) is 21.5. The van der Waals surface area contributed by atoms with Crippen molar-refractivity contribution in [1.29, 1.82) is 0 Å². The molecule has 9 nitrogen and oxygen atoms in total. The lowest BCUT2D eigenvalue weighted by molar-refractivity contribution is -0.137. The van der Waals surface area contributed by atoms with Gasteiger partial charge in [-0.3, -0.25) is 4.79 Å². The van der Waals surface area contributed by atoms with Crippen molar-refractivity contribution in [2.45, 2.75) is 18.0 Å². The van der Waals surface area contributed by atoms with E-state index in [-0.39, 0.29) is 29.2 Å². The molecule has 0 spiro atoms. The second-order valence-corrected chi connectivity index (χ2v) is 6.68. The molecule has 1 fully saturated rings. The van der Waals surface area contributed by atoms with Crippen LogP contribution >= 0.6 is 0 Å². The number of hydrogen-bond donors (Lipinski definition) is 2. The molecule has 2 aromatic heterocycles. The topological polar surface area (TPSA) is 111 Å². The number of rotatable bonds is 5. The molecule has 12 heteroatoms. The summed E-state index contributed by atoms with van der Waals surface area (Å²) >= 11 is 0. The zero-order valence-electron chi connectivity index (χ0n) is 15.7. The molecule has 4 rings (SSSR count). The van der Waals surface area contributed by atoms with Crippen molar-refractivity contribution in [2.24, 2.45) is 7.05 Å². The number of alkyl halides is 3. The first-order chi connectivity index (χ1) is 14.2. The maximum Gasteiger partial charge on any atom is 0.416 e. The van der Waals surface area contributed by atoms with Crippen LogP contribution in [-0.4, -0.2) is 37.6 Å². The third-order valence-corrected chi connectivity index (χ3v) is 4.76. The van der Waals surface area contributed by atoms with Gasteiger partial charge in [0.25, 0.3) is 5.89 Å². The molecule has 1 atom stereocenters. The van der Waals surface area contributed by atoms with Gasteiger partial charge in [-0.25, -0.2) is 0 Å². The minimum atomic E-state index is -4.43. The molecular formula is C18H16F3N7O2. The molecule has 3 heterocycles. The van der Waals surface area contributed by atoms with Gasteiger partial charge in [-0.1, -0.05) is 6.08 Å². The lowest BCUT2D eigenvalue weighted by Crippen LogP contribution is -2.33. The Hall–Kier alpha value is -3.70. The van der Waals surface area contributed by atoms with Crippen molar-refractivity contribution in [3.8, 4) is 11.6 Å². The minimum Gasteiger partial charge on any atom is -0.418 e. The van der Waals surface area contributed by atoms with Crippen molar-refractivity contribution in [3.05, 3.63) is 48.4 Å². The van der Waals surface area contributed by atoms with Crippen LogP contribution in [0, 0.1) is 0 Å². The van der Waals surface area contributed by atoms with E-state index in [0.29, 0.717) is 18.7 Å². The third-order valence-electron chi connectivity index (χ3n) is 4.76. The summed E-state index contributed by atoms with van der Waals surface area (Å²) in [5.41, 5.74) is -1.33. The van der Waals surface area contributed by atoms with Gasteiger partial charge >= 0.3 is 6.18 Å². The van der Waals surface area contributed by atoms with E-state index >= 15 is 0 Å². The van der Waals surface area contributed by atoms with Crippen LogP contribution in [0.4, 0.5) is 24.7 Å². The molecule has 0 bridgehead atoms. The van der Waals surface area contributed by atoms with Gasteiger partial charge in [0.2, 0.25) is 11.8 Å². The van der Waals surface area contributed by atoms with Gasteiger partial charge in [0.1, 0.15) is 5.41 Å². The van der Waals surface area contributed by atoms with Crippen molar-refractivity contribution in [3.63, 3.8) is 0 Å². The molecule has 2 N–H and O–H groups in total. The van der Waals surface area contributed by atoms with E-state index in [1.54, 1.807) is 7.05 Å². The quantitative estimate of drug-likeness (QED) is 0.612. The molecule has 1 unspecified atom stereocenters. The molecule has 1 amide bonds. The molecule has 1 aromatic carbocycles. The summed E-state index contributed by atoms with van der Waals surface area (Å²) in [6, 6.07) is 4.46. The molecule has 156 valence electrons. The number of carbonyl (C=O) groups is 1. The number of nitrogens with one attached hydrogen (secondary N) is 2. The van der Waals surface area contributed by atoms with E-state index in [2.05, 4.69) is 37.6 Å². The Kier molecular flexibility index (Phi) is 4.56. The van der Waals surface area contributed by atoms with Gasteiger partial charge in [-0.05, 0) is 30.7 Å². The van der Waals surface area contributed by atoms with Crippen LogP contribution < -0.4 is 10.6 Å². The first-order valence-corrected chi connectivity index (χ1v) is 8.85. The second-order valence-electron chi connectivity index (χ2n) is 6.68. The summed E-state index contributed by atoms with van der Waals surface area (Å²) in [4.78, 5) is 13.5. The molecule has 1 saturated heterocycles. The van der Waals surface area contributed by atoms with E-state index in [9.17, 15) is 18.0 Å². The van der Waals surface area contributed by atoms with E-state index in [0.717, 1.165) is 12.1 Å². The van der Waals surface area contributed by atoms with Crippen LogP contribution in [0.25, 0.3) is 11.6 Å². The van der Waals surface area contributed by atoms with Gasteiger partial charge in [-0.2, -0.15) is 18.0 Å². The van der Waals surface area contributed by atoms with Crippen LogP contribution in [0.5, 0.6) is 0 Å². The van der Waals surface area contributed by atoms with Gasteiger partial charge in [0, 0.05) is 19.3 Å². The monoisotopic (exact) mass is 419 g/mol. The Labute approximate surface area is 168 Å². The standard InChI is InChI=1S/C18H16F3N7O2/c1-3-17(8-9-22-15(17)29)16-25-24-14(30-16)12-13(27-28(2)26-12)23-11-6-4-10(5-7-11)18(19,20)21/h3-7H,1,8-9H2,2H3,(H,22,29)(H,23,27). The molecule has 1 aliphatic rings. The lowest BCUT2D eigenvalue weighted by Gasteiger charge is -2.15. The highest BCUT2D eigenvalue weighted by Gasteiger charge is 2.46. The fraction of sp³-hybridized carbons (Fsp3) is 0.278. The SMILES string of the molecule is C=CC1(c2nnc(-c3nn(C)nc3Nc3ccc(C(F)(F)F)cc3)o2)CCNC1=O. The number of amides is 1. The molecule has 30 heavy (non-hydrogen) atoms. The minimum absolute atomic E-state index is 0.00781. The van der Waals surface area contributed by atoms with Gasteiger partial charge < -0.3 is 15.1 Å². The predicted octanol–water partition coefficient (Wildman–Crippen LogP) is 2.57. The van der Waals surface area contributed by atoms with Gasteiger partial charge in [-0.15, -0.1) is 27.0 Å². The number of nitrogens with zero attached hydrogens (tertiary/aromatic N) is 5. The fourth-order valence-corrected chi connectivity index (χ4v) is 3.14. The third kappa shape index (κ3) is 3.29. The summed E-state index contributed by atoms with van der Waals surface area (Å²) in [6.07, 6.45) is -2.54. The number of benzene rings is 1. The first-order valence-electron chi connectivity index (χ1n) is 8.85. The molecular weight excluding hydrogens is 403 g/mol. The summed E-state index contributed by atoms with van der Waals surface area (Å²) < 4.78 is 43.9. The average molecular weight is 419 g/mol. The highest BCUT2D eigenvalue weighted by atomic mass is 19.4. The molecule has 3 aromatic rings. The Morgan fingerprint density at radius 2 is 2.00 bits per heavy atom. The van der Waals surface area contributed by atoms with E-state index in [1.165, 1.54) is 23.0 Å². The molecule has 0 aliphatic carbocycles. The molecule has 0 radical (unpaired) electrons. The van der Waals surface area contributed by atoms with Crippen molar-refractivity contribution in [1.82, 2.24) is 30.5 Å². The smallest absolute Gasteiger partial charge is 0.416 e. The Bertz CT molecular complexity index is 1100. The Balaban J connectivity index is 1.64. The maximum atomic E-state index is 12.7. The van der Waals surface area contributed by atoms with Crippen LogP contribution in [0.3, 0.4) is 0 Å². The van der Waals surface area contributed by atoms with E-state index in [4.69, 9.17) is 4.42 Å². The number of carbonyl (C=O) groups excluding carboxylic acids is 1. The van der Waals surface area contributed by atoms with Crippen LogP contribution in [0.2, 0.25) is 0 Å². The number of hydrogen-bond acceptors (Lipinski definition) is 7. The number of aromatic nitrogens is 5. The average Bonchev–Trinajstić information content (AvgIpc) is 3.40. The van der Waals surface area contributed by atoms with E-state index < -0.39 is 17.2 Å². The normalized spacial score (nSPS) is 19.0. The van der Waals surface area contributed by atoms with Crippen LogP contribution in [0.15, 0.2) is 41.3 Å². The summed E-state index contributed by atoms with van der Waals surface area (Å²) in [5, 5.41) is 21.9. The van der Waals surface area contributed by atoms with Gasteiger partial charge in [0.15, 0.2) is 11.5 Å². The highest BCUT2D eigenvalue weighted by Crippen LogP contribution is 2.35. The number of aryl methyl sites for hydroxylation is 1. The molecule has 0 saturated carbocycles. The summed E-state index contributed by atoms with van der Waals surface area (Å²) in [7, 11) is 1.56. The Morgan fingerprint density at radius 1 is 1.27 bits per heavy atom. The van der Waals surface area contributed by atoms with Crippen LogP contribution in [-0.2, 0) is 23.4 Å². The Morgan fingerprint density at radius 3 is 2.60 bits per heavy atom. The lowest BCUT2D eigenvalue weighted by atomic mass is 9.86. The summed E-state index contributed by atoms with van der Waals surface area (Å²) in [5.74, 6) is 0.00741. The molecule has 1 aliphatic heterocycles. The van der Waals surface area contributed by atoms with Crippen molar-refractivity contribution < 1.29 is 22.4 Å². The van der Waals surface area contributed by atoms with Crippen molar-refractivity contribution in [2.75, 3.05) is 11.9 Å². The predicted molar refractivity (Wildman–Crippen MR) is 98.5 cm³/mol. The number of halogens is 3.